The minimum Gasteiger partial charge on any atom is -0.497 e. The van der Waals surface area contributed by atoms with E-state index < -0.39 is 10.0 Å². The van der Waals surface area contributed by atoms with E-state index in [9.17, 15) is 8.42 Å². The molecular formula is C20H19N5O3S. The molecule has 2 heterocycles. The van der Waals surface area contributed by atoms with Gasteiger partial charge in [0.1, 0.15) is 5.75 Å². The van der Waals surface area contributed by atoms with Crippen LogP contribution in [0.5, 0.6) is 5.75 Å². The smallest absolute Gasteiger partial charge is 0.261 e. The Hall–Kier alpha value is -3.59. The largest absolute Gasteiger partial charge is 0.497 e. The van der Waals surface area contributed by atoms with Gasteiger partial charge in [0.15, 0.2) is 5.65 Å². The Morgan fingerprint density at radius 1 is 0.966 bits per heavy atom. The van der Waals surface area contributed by atoms with Gasteiger partial charge in [0.2, 0.25) is 5.95 Å². The van der Waals surface area contributed by atoms with E-state index in [0.717, 1.165) is 5.56 Å². The Kier molecular flexibility index (Phi) is 5.05. The Balaban J connectivity index is 1.56. The maximum absolute atomic E-state index is 12.7. The number of sulfonamides is 1. The van der Waals surface area contributed by atoms with Crippen LogP contribution in [0.1, 0.15) is 5.56 Å². The van der Waals surface area contributed by atoms with Crippen molar-refractivity contribution >= 4 is 27.3 Å². The molecule has 0 unspecified atom stereocenters. The van der Waals surface area contributed by atoms with Gasteiger partial charge in [-0.15, -0.1) is 10.2 Å². The van der Waals surface area contributed by atoms with Crippen molar-refractivity contribution in [3.05, 3.63) is 78.5 Å². The third-order valence-corrected chi connectivity index (χ3v) is 5.71. The number of fused-ring (bicyclic) bond motifs is 1. The van der Waals surface area contributed by atoms with E-state index >= 15 is 0 Å². The molecule has 2 N–H and O–H groups in total. The van der Waals surface area contributed by atoms with Crippen LogP contribution < -0.4 is 14.8 Å². The highest BCUT2D eigenvalue weighted by Gasteiger charge is 2.15. The second kappa shape index (κ2) is 7.80. The van der Waals surface area contributed by atoms with E-state index in [1.165, 1.54) is 19.2 Å². The van der Waals surface area contributed by atoms with Gasteiger partial charge in [-0.05, 0) is 42.0 Å². The molecule has 2 aromatic carbocycles. The number of hydrogen-bond acceptors (Lipinski definition) is 6. The third-order valence-electron chi connectivity index (χ3n) is 4.32. The summed E-state index contributed by atoms with van der Waals surface area (Å²) in [5.74, 6) is 1.11. The van der Waals surface area contributed by atoms with Gasteiger partial charge in [-0.25, -0.2) is 8.42 Å². The predicted molar refractivity (Wildman–Crippen MR) is 111 cm³/mol. The van der Waals surface area contributed by atoms with Crippen LogP contribution in [0.15, 0.2) is 77.8 Å². The minimum absolute atomic E-state index is 0.143. The van der Waals surface area contributed by atoms with Crippen molar-refractivity contribution in [3.8, 4) is 5.75 Å². The lowest BCUT2D eigenvalue weighted by Gasteiger charge is -2.10. The van der Waals surface area contributed by atoms with Crippen molar-refractivity contribution in [2.75, 3.05) is 17.1 Å². The topological polar surface area (TPSA) is 97.6 Å². The third kappa shape index (κ3) is 4.14. The molecule has 0 amide bonds. The second-order valence-corrected chi connectivity index (χ2v) is 7.97. The van der Waals surface area contributed by atoms with Crippen LogP contribution in [0.3, 0.4) is 0 Å². The van der Waals surface area contributed by atoms with Crippen LogP contribution in [0.2, 0.25) is 0 Å². The van der Waals surface area contributed by atoms with Crippen molar-refractivity contribution in [2.45, 2.75) is 11.4 Å². The first-order chi connectivity index (χ1) is 14.0. The molecule has 0 spiro atoms. The maximum Gasteiger partial charge on any atom is 0.261 e. The van der Waals surface area contributed by atoms with Gasteiger partial charge in [0.25, 0.3) is 10.0 Å². The number of nitrogens with zero attached hydrogens (tertiary/aromatic N) is 3. The van der Waals surface area contributed by atoms with Crippen LogP contribution in [0.25, 0.3) is 5.65 Å². The zero-order chi connectivity index (χ0) is 20.3. The first-order valence-corrected chi connectivity index (χ1v) is 10.3. The van der Waals surface area contributed by atoms with Crippen LogP contribution >= 0.6 is 0 Å². The fraction of sp³-hybridized carbons (Fsp3) is 0.100. The standard InChI is InChI=1S/C20H19N5O3S/c1-28-17-8-10-18(11-9-17)29(26,27)24-16-7-12-19-22-23-20(25(19)14-16)21-13-15-5-3-2-4-6-15/h2-12,14,24H,13H2,1H3,(H,21,23). The average Bonchev–Trinajstić information content (AvgIpc) is 3.15. The monoisotopic (exact) mass is 409 g/mol. The molecule has 0 radical (unpaired) electrons. The number of aromatic nitrogens is 3. The first kappa shape index (κ1) is 18.8. The van der Waals surface area contributed by atoms with Crippen molar-refractivity contribution in [1.82, 2.24) is 14.6 Å². The molecule has 0 aliphatic carbocycles. The zero-order valence-electron chi connectivity index (χ0n) is 15.6. The summed E-state index contributed by atoms with van der Waals surface area (Å²) in [6.07, 6.45) is 1.64. The van der Waals surface area contributed by atoms with Crippen LogP contribution in [-0.4, -0.2) is 30.1 Å². The van der Waals surface area contributed by atoms with E-state index in [-0.39, 0.29) is 4.90 Å². The first-order valence-electron chi connectivity index (χ1n) is 8.85. The Morgan fingerprint density at radius 3 is 2.45 bits per heavy atom. The summed E-state index contributed by atoms with van der Waals surface area (Å²) in [5.41, 5.74) is 2.10. The van der Waals surface area contributed by atoms with Gasteiger partial charge < -0.3 is 10.1 Å². The van der Waals surface area contributed by atoms with Crippen molar-refractivity contribution in [2.24, 2.45) is 0 Å². The number of hydrogen-bond donors (Lipinski definition) is 2. The number of pyridine rings is 1. The van der Waals surface area contributed by atoms with Gasteiger partial charge in [-0.1, -0.05) is 30.3 Å². The molecule has 29 heavy (non-hydrogen) atoms. The molecule has 0 aliphatic rings. The lowest BCUT2D eigenvalue weighted by molar-refractivity contribution is 0.414. The molecule has 4 aromatic rings. The summed E-state index contributed by atoms with van der Waals surface area (Å²) in [5, 5.41) is 11.5. The molecule has 4 rings (SSSR count). The molecule has 0 aliphatic heterocycles. The van der Waals surface area contributed by atoms with Crippen molar-refractivity contribution < 1.29 is 13.2 Å². The molecule has 0 fully saturated rings. The summed E-state index contributed by atoms with van der Waals surface area (Å²) >= 11 is 0. The molecular weight excluding hydrogens is 390 g/mol. The molecule has 8 nitrogen and oxygen atoms in total. The van der Waals surface area contributed by atoms with Crippen molar-refractivity contribution in [1.29, 1.82) is 0 Å². The van der Waals surface area contributed by atoms with E-state index in [4.69, 9.17) is 4.74 Å². The Bertz CT molecular complexity index is 1220. The number of anilines is 2. The highest BCUT2D eigenvalue weighted by atomic mass is 32.2. The lowest BCUT2D eigenvalue weighted by atomic mass is 10.2. The number of benzene rings is 2. The average molecular weight is 409 g/mol. The van der Waals surface area contributed by atoms with Gasteiger partial charge in [0, 0.05) is 12.7 Å². The van der Waals surface area contributed by atoms with Crippen LogP contribution in [0.4, 0.5) is 11.6 Å². The highest BCUT2D eigenvalue weighted by Crippen LogP contribution is 2.20. The number of rotatable bonds is 7. The van der Waals surface area contributed by atoms with Crippen LogP contribution in [-0.2, 0) is 16.6 Å². The molecule has 148 valence electrons. The normalized spacial score (nSPS) is 11.3. The van der Waals surface area contributed by atoms with Crippen LogP contribution in [0, 0.1) is 0 Å². The Labute approximate surface area is 168 Å². The molecule has 0 saturated carbocycles. The summed E-state index contributed by atoms with van der Waals surface area (Å²) in [7, 11) is -2.21. The second-order valence-electron chi connectivity index (χ2n) is 6.29. The molecule has 0 bridgehead atoms. The number of methoxy groups -OCH3 is 1. The SMILES string of the molecule is COc1ccc(S(=O)(=O)Nc2ccc3nnc(NCc4ccccc4)n3c2)cc1. The number of nitrogens with one attached hydrogen (secondary N) is 2. The van der Waals surface area contributed by atoms with Gasteiger partial charge >= 0.3 is 0 Å². The van der Waals surface area contributed by atoms with E-state index in [0.29, 0.717) is 29.6 Å². The maximum atomic E-state index is 12.7. The van der Waals surface area contributed by atoms with E-state index in [1.54, 1.807) is 34.9 Å². The quantitative estimate of drug-likeness (QED) is 0.487. The molecule has 2 aromatic heterocycles. The number of ether oxygens (including phenoxy) is 1. The molecule has 0 saturated heterocycles. The van der Waals surface area contributed by atoms with Gasteiger partial charge in [0.05, 0.1) is 17.7 Å². The predicted octanol–water partition coefficient (Wildman–Crippen LogP) is 3.15. The van der Waals surface area contributed by atoms with Gasteiger partial charge in [-0.2, -0.15) is 0 Å². The fourth-order valence-electron chi connectivity index (χ4n) is 2.82. The molecule has 0 atom stereocenters. The fourth-order valence-corrected chi connectivity index (χ4v) is 3.86. The summed E-state index contributed by atoms with van der Waals surface area (Å²) in [6.45, 7) is 0.573. The summed E-state index contributed by atoms with van der Waals surface area (Å²) < 4.78 is 34.7. The highest BCUT2D eigenvalue weighted by molar-refractivity contribution is 7.92. The zero-order valence-corrected chi connectivity index (χ0v) is 16.4. The van der Waals surface area contributed by atoms with E-state index in [2.05, 4.69) is 20.2 Å². The lowest BCUT2D eigenvalue weighted by Crippen LogP contribution is -2.13. The summed E-state index contributed by atoms with van der Waals surface area (Å²) in [4.78, 5) is 0.143. The summed E-state index contributed by atoms with van der Waals surface area (Å²) in [6, 6.07) is 19.4. The van der Waals surface area contributed by atoms with Crippen molar-refractivity contribution in [3.63, 3.8) is 0 Å². The Morgan fingerprint density at radius 2 is 1.72 bits per heavy atom. The minimum atomic E-state index is -3.74. The molecule has 9 heteroatoms. The van der Waals surface area contributed by atoms with E-state index in [1.807, 2.05) is 30.3 Å². The van der Waals surface area contributed by atoms with Gasteiger partial charge in [-0.3, -0.25) is 9.12 Å².